The van der Waals surface area contributed by atoms with E-state index in [2.05, 4.69) is 0 Å². The molecule has 2 bridgehead atoms. The van der Waals surface area contributed by atoms with Gasteiger partial charge in [0, 0.05) is 12.8 Å². The molecule has 82 valence electrons. The van der Waals surface area contributed by atoms with Crippen LogP contribution in [0.3, 0.4) is 0 Å². The molecule has 14 heavy (non-hydrogen) atoms. The fourth-order valence-corrected chi connectivity index (χ4v) is 3.18. The predicted octanol–water partition coefficient (Wildman–Crippen LogP) is -0.199. The van der Waals surface area contributed by atoms with E-state index < -0.39 is 29.0 Å². The summed E-state index contributed by atoms with van der Waals surface area (Å²) in [6.07, 6.45) is -1.12. The molecular formula is C10H18O4. The predicted molar refractivity (Wildman–Crippen MR) is 49.8 cm³/mol. The van der Waals surface area contributed by atoms with E-state index in [0.29, 0.717) is 12.8 Å². The molecule has 4 heteroatoms. The molecule has 0 aromatic carbocycles. The second-order valence-corrected chi connectivity index (χ2v) is 5.47. The van der Waals surface area contributed by atoms with Crippen molar-refractivity contribution in [3.63, 3.8) is 0 Å². The Balaban J connectivity index is 2.40. The zero-order chi connectivity index (χ0) is 10.8. The lowest BCUT2D eigenvalue weighted by atomic mass is 9.82. The van der Waals surface area contributed by atoms with Crippen LogP contribution in [0, 0.1) is 0 Å². The maximum Gasteiger partial charge on any atom is 0.111 e. The molecule has 4 nitrogen and oxygen atoms in total. The molecule has 0 aromatic rings. The second-order valence-electron chi connectivity index (χ2n) is 5.47. The fourth-order valence-electron chi connectivity index (χ4n) is 3.18. The van der Waals surface area contributed by atoms with E-state index in [1.807, 2.05) is 0 Å². The van der Waals surface area contributed by atoms with Crippen molar-refractivity contribution < 1.29 is 20.1 Å². The highest BCUT2D eigenvalue weighted by atomic mass is 16.6. The normalized spacial score (nSPS) is 63.0. The molecule has 4 atom stereocenters. The maximum atomic E-state index is 10.0. The van der Waals surface area contributed by atoms with Crippen LogP contribution in [0.25, 0.3) is 0 Å². The van der Waals surface area contributed by atoms with Crippen LogP contribution in [-0.4, -0.2) is 44.3 Å². The topological polar surface area (TPSA) is 69.9 Å². The Morgan fingerprint density at radius 3 is 1.71 bits per heavy atom. The number of aliphatic hydroxyl groups excluding tert-OH is 2. The van der Waals surface area contributed by atoms with Gasteiger partial charge in [0.05, 0.1) is 16.8 Å². The highest BCUT2D eigenvalue weighted by Gasteiger charge is 2.64. The number of hydrogen-bond donors (Lipinski definition) is 3. The summed E-state index contributed by atoms with van der Waals surface area (Å²) in [6, 6.07) is 0. The molecule has 0 aromatic heterocycles. The summed E-state index contributed by atoms with van der Waals surface area (Å²) in [6.45, 7) is 5.19. The second kappa shape index (κ2) is 2.50. The van der Waals surface area contributed by atoms with Crippen molar-refractivity contribution in [2.24, 2.45) is 0 Å². The Bertz CT molecular complexity index is 233. The molecule has 4 unspecified atom stereocenters. The Morgan fingerprint density at radius 1 is 1.00 bits per heavy atom. The van der Waals surface area contributed by atoms with Gasteiger partial charge in [-0.1, -0.05) is 0 Å². The Kier molecular flexibility index (Phi) is 1.85. The average molecular weight is 202 g/mol. The molecule has 2 aliphatic rings. The first-order valence-electron chi connectivity index (χ1n) is 4.97. The van der Waals surface area contributed by atoms with Gasteiger partial charge in [-0.25, -0.2) is 0 Å². The minimum absolute atomic E-state index is 0.355. The van der Waals surface area contributed by atoms with Crippen LogP contribution in [0.1, 0.15) is 33.6 Å². The van der Waals surface area contributed by atoms with Crippen LogP contribution in [0.15, 0.2) is 0 Å². The van der Waals surface area contributed by atoms with Gasteiger partial charge in [0.1, 0.15) is 12.2 Å². The Hall–Kier alpha value is -0.160. The van der Waals surface area contributed by atoms with Crippen molar-refractivity contribution in [1.29, 1.82) is 0 Å². The zero-order valence-corrected chi connectivity index (χ0v) is 8.82. The van der Waals surface area contributed by atoms with Crippen LogP contribution >= 0.6 is 0 Å². The van der Waals surface area contributed by atoms with Crippen LogP contribution < -0.4 is 0 Å². The number of hydrogen-bond acceptors (Lipinski definition) is 4. The van der Waals surface area contributed by atoms with E-state index in [-0.39, 0.29) is 0 Å². The van der Waals surface area contributed by atoms with E-state index in [1.54, 1.807) is 20.8 Å². The Labute approximate surface area is 83.5 Å². The van der Waals surface area contributed by atoms with E-state index >= 15 is 0 Å². The third kappa shape index (κ3) is 1.21. The van der Waals surface area contributed by atoms with Gasteiger partial charge in [0.2, 0.25) is 0 Å². The molecule has 0 radical (unpaired) electrons. The molecule has 3 N–H and O–H groups in total. The molecule has 0 amide bonds. The summed E-state index contributed by atoms with van der Waals surface area (Å²) >= 11 is 0. The minimum atomic E-state index is -0.915. The first kappa shape index (κ1) is 10.4. The lowest BCUT2D eigenvalue weighted by Crippen LogP contribution is -2.51. The van der Waals surface area contributed by atoms with Crippen LogP contribution in [0.4, 0.5) is 0 Å². The van der Waals surface area contributed by atoms with Crippen LogP contribution in [0.5, 0.6) is 0 Å². The standard InChI is InChI=1S/C10H18O4/c1-8(13)4-9(2)6(11)7(12)10(3,5-8)14-9/h6-7,11-13H,4-5H2,1-3H3. The van der Waals surface area contributed by atoms with Gasteiger partial charge in [0.25, 0.3) is 0 Å². The van der Waals surface area contributed by atoms with Crippen molar-refractivity contribution in [2.75, 3.05) is 0 Å². The van der Waals surface area contributed by atoms with Gasteiger partial charge in [-0.2, -0.15) is 0 Å². The summed E-state index contributed by atoms with van der Waals surface area (Å²) in [4.78, 5) is 0. The average Bonchev–Trinajstić information content (AvgIpc) is 2.06. The van der Waals surface area contributed by atoms with E-state index in [0.717, 1.165) is 0 Å². The van der Waals surface area contributed by atoms with Crippen molar-refractivity contribution in [1.82, 2.24) is 0 Å². The molecule has 2 heterocycles. The SMILES string of the molecule is CC1(O)CC2(C)OC(C)(C1)C(O)C2O. The molecule has 2 aliphatic heterocycles. The first-order chi connectivity index (χ1) is 6.19. The van der Waals surface area contributed by atoms with Crippen molar-refractivity contribution in [2.45, 2.75) is 62.6 Å². The van der Waals surface area contributed by atoms with Crippen molar-refractivity contribution in [3.8, 4) is 0 Å². The van der Waals surface area contributed by atoms with Gasteiger partial charge in [-0.15, -0.1) is 0 Å². The smallest absolute Gasteiger partial charge is 0.111 e. The van der Waals surface area contributed by atoms with E-state index in [4.69, 9.17) is 4.74 Å². The molecule has 0 aliphatic carbocycles. The van der Waals surface area contributed by atoms with Gasteiger partial charge in [-0.05, 0) is 20.8 Å². The number of ether oxygens (including phenoxy) is 1. The minimum Gasteiger partial charge on any atom is -0.390 e. The third-order valence-corrected chi connectivity index (χ3v) is 3.48. The van der Waals surface area contributed by atoms with Crippen molar-refractivity contribution >= 4 is 0 Å². The van der Waals surface area contributed by atoms with Gasteiger partial charge in [0.15, 0.2) is 0 Å². The Morgan fingerprint density at radius 2 is 1.36 bits per heavy atom. The quantitative estimate of drug-likeness (QED) is 0.509. The number of fused-ring (bicyclic) bond motifs is 2. The molecular weight excluding hydrogens is 184 g/mol. The number of aliphatic hydroxyl groups is 3. The van der Waals surface area contributed by atoms with E-state index in [9.17, 15) is 15.3 Å². The molecule has 2 fully saturated rings. The first-order valence-corrected chi connectivity index (χ1v) is 4.97. The van der Waals surface area contributed by atoms with Gasteiger partial charge < -0.3 is 20.1 Å². The summed E-state index contributed by atoms with van der Waals surface area (Å²) < 4.78 is 5.67. The lowest BCUT2D eigenvalue weighted by molar-refractivity contribution is -0.206. The summed E-state index contributed by atoms with van der Waals surface area (Å²) in [5.74, 6) is 0. The van der Waals surface area contributed by atoms with Crippen LogP contribution in [-0.2, 0) is 4.74 Å². The number of rotatable bonds is 0. The highest BCUT2D eigenvalue weighted by molar-refractivity contribution is 5.14. The van der Waals surface area contributed by atoms with Crippen LogP contribution in [0.2, 0.25) is 0 Å². The van der Waals surface area contributed by atoms with E-state index in [1.165, 1.54) is 0 Å². The fraction of sp³-hybridized carbons (Fsp3) is 1.00. The highest BCUT2D eigenvalue weighted by Crippen LogP contribution is 2.51. The summed E-state index contributed by atoms with van der Waals surface area (Å²) in [7, 11) is 0. The molecule has 0 spiro atoms. The lowest BCUT2D eigenvalue weighted by Gasteiger charge is -2.44. The van der Waals surface area contributed by atoms with Crippen molar-refractivity contribution in [3.05, 3.63) is 0 Å². The molecule has 2 rings (SSSR count). The van der Waals surface area contributed by atoms with Gasteiger partial charge in [-0.3, -0.25) is 0 Å². The summed E-state index contributed by atoms with van der Waals surface area (Å²) in [5.41, 5.74) is -2.52. The largest absolute Gasteiger partial charge is 0.390 e. The molecule has 0 saturated carbocycles. The third-order valence-electron chi connectivity index (χ3n) is 3.48. The van der Waals surface area contributed by atoms with Gasteiger partial charge >= 0.3 is 0 Å². The monoisotopic (exact) mass is 202 g/mol. The zero-order valence-electron chi connectivity index (χ0n) is 8.82. The molecule has 2 saturated heterocycles. The maximum absolute atomic E-state index is 10.0. The summed E-state index contributed by atoms with van der Waals surface area (Å²) in [5, 5.41) is 29.7.